The van der Waals surface area contributed by atoms with Crippen molar-refractivity contribution < 1.29 is 28.2 Å². The number of thioether (sulfide) groups is 1. The van der Waals surface area contributed by atoms with Crippen LogP contribution >= 0.6 is 34.4 Å². The monoisotopic (exact) mass is 582 g/mol. The van der Waals surface area contributed by atoms with E-state index in [1.807, 2.05) is 6.92 Å². The summed E-state index contributed by atoms with van der Waals surface area (Å²) in [6.45, 7) is 5.77. The Morgan fingerprint density at radius 2 is 1.97 bits per heavy atom. The molecule has 0 saturated carbocycles. The van der Waals surface area contributed by atoms with Gasteiger partial charge < -0.3 is 14.8 Å². The molecular weight excluding hydrogens is 562 g/mol. The lowest BCUT2D eigenvalue weighted by atomic mass is 10.2. The van der Waals surface area contributed by atoms with Gasteiger partial charge in [0.2, 0.25) is 5.91 Å². The second kappa shape index (κ2) is 11.3. The second-order valence-electron chi connectivity index (χ2n) is 6.69. The summed E-state index contributed by atoms with van der Waals surface area (Å²) < 4.78 is 25.1. The van der Waals surface area contributed by atoms with Crippen molar-refractivity contribution >= 4 is 63.2 Å². The summed E-state index contributed by atoms with van der Waals surface area (Å²) in [5.41, 5.74) is 1.01. The van der Waals surface area contributed by atoms with Gasteiger partial charge in [0.25, 0.3) is 11.1 Å². The molecule has 10 heteroatoms. The van der Waals surface area contributed by atoms with Crippen molar-refractivity contribution in [2.75, 3.05) is 25.1 Å². The van der Waals surface area contributed by atoms with E-state index in [1.54, 1.807) is 24.3 Å². The van der Waals surface area contributed by atoms with Crippen LogP contribution in [-0.4, -0.2) is 41.7 Å². The molecule has 2 aromatic rings. The van der Waals surface area contributed by atoms with Gasteiger partial charge in [0.1, 0.15) is 19.0 Å². The predicted molar refractivity (Wildman–Crippen MR) is 134 cm³/mol. The number of halogens is 2. The van der Waals surface area contributed by atoms with Crippen LogP contribution in [0.25, 0.3) is 6.08 Å². The Kier molecular flexibility index (Phi) is 8.50. The highest BCUT2D eigenvalue weighted by Crippen LogP contribution is 2.37. The van der Waals surface area contributed by atoms with Gasteiger partial charge in [0.15, 0.2) is 11.5 Å². The molecule has 0 spiro atoms. The summed E-state index contributed by atoms with van der Waals surface area (Å²) in [7, 11) is 0. The molecule has 0 aromatic heterocycles. The number of rotatable bonds is 9. The quantitative estimate of drug-likeness (QED) is 0.253. The van der Waals surface area contributed by atoms with Gasteiger partial charge in [-0.05, 0) is 89.3 Å². The summed E-state index contributed by atoms with van der Waals surface area (Å²) in [6.07, 6.45) is 3.20. The average molecular weight is 582 g/mol. The fourth-order valence-electron chi connectivity index (χ4n) is 2.88. The van der Waals surface area contributed by atoms with Gasteiger partial charge in [-0.25, -0.2) is 4.39 Å². The summed E-state index contributed by atoms with van der Waals surface area (Å²) in [5.74, 6) is -0.497. The third-order valence-corrected chi connectivity index (χ3v) is 5.99. The van der Waals surface area contributed by atoms with E-state index in [0.29, 0.717) is 36.0 Å². The van der Waals surface area contributed by atoms with Crippen molar-refractivity contribution in [3.8, 4) is 11.5 Å². The minimum Gasteiger partial charge on any atom is -0.490 e. The first-order valence-corrected chi connectivity index (χ1v) is 11.7. The smallest absolute Gasteiger partial charge is 0.294 e. The molecule has 0 bridgehead atoms. The number of carbonyl (C=O) groups excluding carboxylic acids is 3. The van der Waals surface area contributed by atoms with E-state index in [1.165, 1.54) is 24.3 Å². The van der Waals surface area contributed by atoms with E-state index in [2.05, 4.69) is 34.5 Å². The van der Waals surface area contributed by atoms with Crippen molar-refractivity contribution in [2.24, 2.45) is 0 Å². The van der Waals surface area contributed by atoms with Crippen molar-refractivity contribution in [1.29, 1.82) is 0 Å². The Labute approximate surface area is 208 Å². The van der Waals surface area contributed by atoms with Crippen molar-refractivity contribution in [1.82, 2.24) is 4.90 Å². The van der Waals surface area contributed by atoms with Crippen LogP contribution in [-0.2, 0) is 9.59 Å². The van der Waals surface area contributed by atoms with Crippen LogP contribution in [0.4, 0.5) is 14.9 Å². The molecule has 2 aromatic carbocycles. The van der Waals surface area contributed by atoms with Crippen LogP contribution in [0.1, 0.15) is 12.5 Å². The Bertz CT molecular complexity index is 1120. The summed E-state index contributed by atoms with van der Waals surface area (Å²) in [5, 5.41) is 1.98. The number of nitrogens with zero attached hydrogens (tertiary/aromatic N) is 1. The second-order valence-corrected chi connectivity index (χ2v) is 8.84. The zero-order chi connectivity index (χ0) is 24.0. The first-order valence-electron chi connectivity index (χ1n) is 9.83. The molecule has 1 fully saturated rings. The van der Waals surface area contributed by atoms with E-state index in [4.69, 9.17) is 9.47 Å². The number of hydrogen-bond acceptors (Lipinski definition) is 6. The van der Waals surface area contributed by atoms with Crippen LogP contribution < -0.4 is 14.8 Å². The molecule has 0 aliphatic carbocycles. The fraction of sp³-hybridized carbons (Fsp3) is 0.174. The largest absolute Gasteiger partial charge is 0.490 e. The molecule has 3 amide bonds. The molecule has 33 heavy (non-hydrogen) atoms. The van der Waals surface area contributed by atoms with Crippen LogP contribution in [0.5, 0.6) is 11.5 Å². The molecule has 1 saturated heterocycles. The maximum Gasteiger partial charge on any atom is 0.294 e. The topological polar surface area (TPSA) is 84.9 Å². The normalized spacial score (nSPS) is 14.5. The lowest BCUT2D eigenvalue weighted by Gasteiger charge is -2.14. The van der Waals surface area contributed by atoms with Gasteiger partial charge in [-0.15, -0.1) is 0 Å². The number of imide groups is 1. The Morgan fingerprint density at radius 3 is 2.64 bits per heavy atom. The molecule has 0 radical (unpaired) electrons. The minimum absolute atomic E-state index is 0.188. The number of carbonyl (C=O) groups is 3. The number of nitrogens with one attached hydrogen (secondary N) is 1. The molecular formula is C23H20FIN2O5S. The standard InChI is InChI=1S/C23H20FIN2O5S/c1-3-9-32-21-17(25)10-14(11-18(21)31-4-2)12-19-22(29)27(23(30)33-19)13-20(28)26-16-7-5-15(24)6-8-16/h3,5-8,10-12H,1,4,9,13H2,2H3,(H,26,28)/b19-12-. The van der Waals surface area contributed by atoms with E-state index >= 15 is 0 Å². The van der Waals surface area contributed by atoms with E-state index in [9.17, 15) is 18.8 Å². The number of amides is 3. The zero-order valence-electron chi connectivity index (χ0n) is 17.6. The summed E-state index contributed by atoms with van der Waals surface area (Å²) >= 11 is 2.86. The minimum atomic E-state index is -0.570. The van der Waals surface area contributed by atoms with Crippen molar-refractivity contribution in [2.45, 2.75) is 6.92 Å². The highest BCUT2D eigenvalue weighted by Gasteiger charge is 2.36. The molecule has 1 heterocycles. The number of benzene rings is 2. The lowest BCUT2D eigenvalue weighted by Crippen LogP contribution is -2.36. The third-order valence-electron chi connectivity index (χ3n) is 4.28. The zero-order valence-corrected chi connectivity index (χ0v) is 20.6. The Morgan fingerprint density at radius 1 is 1.24 bits per heavy atom. The molecule has 7 nitrogen and oxygen atoms in total. The Hall–Kier alpha value is -2.86. The van der Waals surface area contributed by atoms with Gasteiger partial charge in [-0.1, -0.05) is 12.7 Å². The molecule has 1 N–H and O–H groups in total. The van der Waals surface area contributed by atoms with Gasteiger partial charge in [-0.3, -0.25) is 19.3 Å². The van der Waals surface area contributed by atoms with Gasteiger partial charge in [-0.2, -0.15) is 0 Å². The number of ether oxygens (including phenoxy) is 2. The molecule has 1 aliphatic rings. The van der Waals surface area contributed by atoms with Crippen LogP contribution in [0.2, 0.25) is 0 Å². The first kappa shape index (κ1) is 24.8. The third kappa shape index (κ3) is 6.35. The van der Waals surface area contributed by atoms with Gasteiger partial charge in [0.05, 0.1) is 15.1 Å². The van der Waals surface area contributed by atoms with Gasteiger partial charge >= 0.3 is 0 Å². The molecule has 172 valence electrons. The number of anilines is 1. The lowest BCUT2D eigenvalue weighted by molar-refractivity contribution is -0.127. The first-order chi connectivity index (χ1) is 15.8. The van der Waals surface area contributed by atoms with E-state index < -0.39 is 29.4 Å². The Balaban J connectivity index is 1.76. The van der Waals surface area contributed by atoms with Gasteiger partial charge in [0, 0.05) is 5.69 Å². The van der Waals surface area contributed by atoms with E-state index in [0.717, 1.165) is 20.2 Å². The van der Waals surface area contributed by atoms with Crippen molar-refractivity contribution in [3.63, 3.8) is 0 Å². The highest BCUT2D eigenvalue weighted by molar-refractivity contribution is 14.1. The molecule has 0 atom stereocenters. The highest BCUT2D eigenvalue weighted by atomic mass is 127. The fourth-order valence-corrected chi connectivity index (χ4v) is 4.50. The molecule has 0 unspecified atom stereocenters. The number of hydrogen-bond donors (Lipinski definition) is 1. The predicted octanol–water partition coefficient (Wildman–Crippen LogP) is 5.07. The molecule has 1 aliphatic heterocycles. The van der Waals surface area contributed by atoms with Crippen LogP contribution in [0.3, 0.4) is 0 Å². The average Bonchev–Trinajstić information content (AvgIpc) is 3.02. The van der Waals surface area contributed by atoms with Crippen molar-refractivity contribution in [3.05, 3.63) is 68.9 Å². The molecule has 3 rings (SSSR count). The maximum atomic E-state index is 13.0. The summed E-state index contributed by atoms with van der Waals surface area (Å²) in [6, 6.07) is 8.70. The SMILES string of the molecule is C=CCOc1c(I)cc(/C=C2\SC(=O)N(CC(=O)Nc3ccc(F)cc3)C2=O)cc1OCC. The summed E-state index contributed by atoms with van der Waals surface area (Å²) in [4.78, 5) is 38.5. The van der Waals surface area contributed by atoms with Crippen LogP contribution in [0.15, 0.2) is 54.0 Å². The van der Waals surface area contributed by atoms with Crippen LogP contribution in [0, 0.1) is 9.39 Å². The maximum absolute atomic E-state index is 13.0. The van der Waals surface area contributed by atoms with E-state index in [-0.39, 0.29) is 4.91 Å².